The number of anilines is 1. The zero-order chi connectivity index (χ0) is 13.1. The number of amides is 1. The first-order valence-electron chi connectivity index (χ1n) is 4.95. The molecule has 0 atom stereocenters. The Morgan fingerprint density at radius 3 is 2.50 bits per heavy atom. The second kappa shape index (κ2) is 5.38. The molecule has 1 aromatic heterocycles. The molecule has 6 heteroatoms. The Labute approximate surface area is 115 Å². The van der Waals surface area contributed by atoms with E-state index in [-0.39, 0.29) is 5.56 Å². The van der Waals surface area contributed by atoms with Crippen molar-refractivity contribution < 1.29 is 13.6 Å². The van der Waals surface area contributed by atoms with Crippen LogP contribution in [-0.4, -0.2) is 10.9 Å². The number of nitrogens with zero attached hydrogens (tertiary/aromatic N) is 1. The van der Waals surface area contributed by atoms with Crippen LogP contribution in [0.4, 0.5) is 14.5 Å². The molecular formula is C12H7F2IN2O. The molecule has 1 heterocycles. The summed E-state index contributed by atoms with van der Waals surface area (Å²) in [6, 6.07) is 8.06. The summed E-state index contributed by atoms with van der Waals surface area (Å²) in [5.41, 5.74) is 0.137. The Bertz CT molecular complexity index is 587. The number of nitrogens with one attached hydrogen (secondary N) is 1. The van der Waals surface area contributed by atoms with Crippen LogP contribution in [0.25, 0.3) is 0 Å². The molecule has 0 radical (unpaired) electrons. The molecular weight excluding hydrogens is 353 g/mol. The minimum atomic E-state index is -1.29. The van der Waals surface area contributed by atoms with E-state index < -0.39 is 17.7 Å². The average Bonchev–Trinajstić information content (AvgIpc) is 2.35. The Morgan fingerprint density at radius 2 is 1.83 bits per heavy atom. The van der Waals surface area contributed by atoms with Crippen LogP contribution < -0.4 is 5.32 Å². The largest absolute Gasteiger partial charge is 0.322 e. The second-order valence-corrected chi connectivity index (χ2v) is 4.67. The van der Waals surface area contributed by atoms with E-state index in [1.54, 1.807) is 24.3 Å². The van der Waals surface area contributed by atoms with Crippen molar-refractivity contribution in [3.8, 4) is 0 Å². The zero-order valence-electron chi connectivity index (χ0n) is 8.95. The summed E-state index contributed by atoms with van der Waals surface area (Å²) >= 11 is 2.12. The van der Waals surface area contributed by atoms with E-state index in [2.05, 4.69) is 32.9 Å². The molecule has 1 aromatic carbocycles. The van der Waals surface area contributed by atoms with E-state index in [1.165, 1.54) is 0 Å². The molecule has 0 aliphatic carbocycles. The first-order valence-corrected chi connectivity index (χ1v) is 6.03. The Hall–Kier alpha value is -1.57. The van der Waals surface area contributed by atoms with Gasteiger partial charge in [-0.25, -0.2) is 9.37 Å². The fourth-order valence-electron chi connectivity index (χ4n) is 1.33. The Morgan fingerprint density at radius 1 is 1.17 bits per heavy atom. The summed E-state index contributed by atoms with van der Waals surface area (Å²) in [5, 5.41) is 2.48. The number of rotatable bonds is 2. The third-order valence-corrected chi connectivity index (χ3v) is 2.91. The first-order chi connectivity index (χ1) is 8.58. The lowest BCUT2D eigenvalue weighted by molar-refractivity contribution is 0.102. The predicted molar refractivity (Wildman–Crippen MR) is 71.3 cm³/mol. The molecule has 18 heavy (non-hydrogen) atoms. The van der Waals surface area contributed by atoms with Gasteiger partial charge in [0.2, 0.25) is 5.95 Å². The van der Waals surface area contributed by atoms with Crippen molar-refractivity contribution in [1.29, 1.82) is 0 Å². The fraction of sp³-hybridized carbons (Fsp3) is 0. The first kappa shape index (κ1) is 12.9. The minimum Gasteiger partial charge on any atom is -0.322 e. The normalized spacial score (nSPS) is 10.2. The van der Waals surface area contributed by atoms with Gasteiger partial charge in [0.1, 0.15) is 0 Å². The molecule has 0 unspecified atom stereocenters. The smallest absolute Gasteiger partial charge is 0.258 e. The summed E-state index contributed by atoms with van der Waals surface area (Å²) in [5.74, 6) is -3.25. The Balaban J connectivity index is 2.22. The third kappa shape index (κ3) is 2.81. The number of carbonyl (C=O) groups is 1. The molecule has 0 saturated heterocycles. The summed E-state index contributed by atoms with van der Waals surface area (Å²) < 4.78 is 27.2. The molecule has 3 nitrogen and oxygen atoms in total. The number of halogens is 3. The number of benzene rings is 1. The second-order valence-electron chi connectivity index (χ2n) is 3.42. The summed E-state index contributed by atoms with van der Waals surface area (Å²) in [7, 11) is 0. The lowest BCUT2D eigenvalue weighted by Crippen LogP contribution is -2.15. The molecule has 1 N–H and O–H groups in total. The van der Waals surface area contributed by atoms with Crippen molar-refractivity contribution in [2.24, 2.45) is 0 Å². The van der Waals surface area contributed by atoms with E-state index in [9.17, 15) is 13.6 Å². The van der Waals surface area contributed by atoms with Gasteiger partial charge >= 0.3 is 0 Å². The molecule has 0 fully saturated rings. The van der Waals surface area contributed by atoms with Crippen LogP contribution in [0.3, 0.4) is 0 Å². The van der Waals surface area contributed by atoms with Gasteiger partial charge in [-0.2, -0.15) is 4.39 Å². The third-order valence-electron chi connectivity index (χ3n) is 2.19. The maximum Gasteiger partial charge on any atom is 0.258 e. The molecule has 0 aliphatic rings. The van der Waals surface area contributed by atoms with Crippen LogP contribution in [0.2, 0.25) is 0 Å². The number of pyridine rings is 1. The number of hydrogen-bond acceptors (Lipinski definition) is 2. The molecule has 0 bridgehead atoms. The van der Waals surface area contributed by atoms with Gasteiger partial charge in [0.15, 0.2) is 5.82 Å². The highest BCUT2D eigenvalue weighted by molar-refractivity contribution is 14.1. The topological polar surface area (TPSA) is 42.0 Å². The van der Waals surface area contributed by atoms with Crippen LogP contribution in [0, 0.1) is 15.3 Å². The van der Waals surface area contributed by atoms with Crippen LogP contribution in [-0.2, 0) is 0 Å². The van der Waals surface area contributed by atoms with Gasteiger partial charge in [0.05, 0.1) is 5.56 Å². The fourth-order valence-corrected chi connectivity index (χ4v) is 1.68. The van der Waals surface area contributed by atoms with Crippen molar-refractivity contribution >= 4 is 34.2 Å². The van der Waals surface area contributed by atoms with Crippen molar-refractivity contribution in [2.75, 3.05) is 5.32 Å². The van der Waals surface area contributed by atoms with E-state index in [0.717, 1.165) is 15.8 Å². The van der Waals surface area contributed by atoms with Crippen LogP contribution >= 0.6 is 22.6 Å². The Kier molecular flexibility index (Phi) is 3.85. The number of aromatic nitrogens is 1. The van der Waals surface area contributed by atoms with Crippen molar-refractivity contribution in [1.82, 2.24) is 4.98 Å². The number of carbonyl (C=O) groups excluding carboxylic acids is 1. The standard InChI is InChI=1S/C12H7F2IN2O/c13-10-9(5-6-16-11(10)14)12(18)17-8-3-1-7(15)2-4-8/h1-6H,(H,17,18). The molecule has 92 valence electrons. The highest BCUT2D eigenvalue weighted by Crippen LogP contribution is 2.14. The minimum absolute atomic E-state index is 0.374. The lowest BCUT2D eigenvalue weighted by Gasteiger charge is -2.06. The predicted octanol–water partition coefficient (Wildman–Crippen LogP) is 3.22. The summed E-state index contributed by atoms with van der Waals surface area (Å²) in [4.78, 5) is 14.8. The van der Waals surface area contributed by atoms with E-state index in [0.29, 0.717) is 5.69 Å². The van der Waals surface area contributed by atoms with Gasteiger partial charge < -0.3 is 5.32 Å². The van der Waals surface area contributed by atoms with Gasteiger partial charge in [0, 0.05) is 15.5 Å². The van der Waals surface area contributed by atoms with Crippen molar-refractivity contribution in [2.45, 2.75) is 0 Å². The molecule has 0 spiro atoms. The summed E-state index contributed by atoms with van der Waals surface area (Å²) in [6.07, 6.45) is 1.04. The maximum absolute atomic E-state index is 13.3. The highest BCUT2D eigenvalue weighted by atomic mass is 127. The molecule has 0 saturated carbocycles. The number of hydrogen-bond donors (Lipinski definition) is 1. The van der Waals surface area contributed by atoms with E-state index in [4.69, 9.17) is 0 Å². The van der Waals surface area contributed by atoms with Gasteiger partial charge in [-0.3, -0.25) is 4.79 Å². The molecule has 0 aliphatic heterocycles. The zero-order valence-corrected chi connectivity index (χ0v) is 11.1. The van der Waals surface area contributed by atoms with E-state index >= 15 is 0 Å². The van der Waals surface area contributed by atoms with Crippen LogP contribution in [0.1, 0.15) is 10.4 Å². The monoisotopic (exact) mass is 360 g/mol. The van der Waals surface area contributed by atoms with Gasteiger partial charge in [0.25, 0.3) is 5.91 Å². The van der Waals surface area contributed by atoms with Gasteiger partial charge in [-0.05, 0) is 52.9 Å². The van der Waals surface area contributed by atoms with Crippen LogP contribution in [0.15, 0.2) is 36.5 Å². The highest BCUT2D eigenvalue weighted by Gasteiger charge is 2.15. The van der Waals surface area contributed by atoms with Crippen molar-refractivity contribution in [3.05, 3.63) is 57.4 Å². The molecule has 2 aromatic rings. The van der Waals surface area contributed by atoms with Gasteiger partial charge in [-0.1, -0.05) is 0 Å². The SMILES string of the molecule is O=C(Nc1ccc(I)cc1)c1ccnc(F)c1F. The van der Waals surface area contributed by atoms with Crippen molar-refractivity contribution in [3.63, 3.8) is 0 Å². The van der Waals surface area contributed by atoms with E-state index in [1.807, 2.05) is 0 Å². The lowest BCUT2D eigenvalue weighted by atomic mass is 10.2. The maximum atomic E-state index is 13.3. The van der Waals surface area contributed by atoms with Crippen LogP contribution in [0.5, 0.6) is 0 Å². The molecule has 2 rings (SSSR count). The molecule has 1 amide bonds. The summed E-state index contributed by atoms with van der Waals surface area (Å²) in [6.45, 7) is 0. The quantitative estimate of drug-likeness (QED) is 0.660. The average molecular weight is 360 g/mol. The van der Waals surface area contributed by atoms with Gasteiger partial charge in [-0.15, -0.1) is 0 Å².